The van der Waals surface area contributed by atoms with Gasteiger partial charge in [0, 0.05) is 13.0 Å². The third-order valence-corrected chi connectivity index (χ3v) is 3.49. The number of aliphatic hydroxyl groups excluding tert-OH is 1. The molecular weight excluding hydrogens is 274 g/mol. The van der Waals surface area contributed by atoms with Gasteiger partial charge in [-0.1, -0.05) is 17.7 Å². The highest BCUT2D eigenvalue weighted by molar-refractivity contribution is 5.84. The molecule has 1 aliphatic rings. The number of β-amino-alcohol motifs (C(OH)–C–C–N with tert-alkyl or cyclic N) is 1. The lowest BCUT2D eigenvalue weighted by Crippen LogP contribution is -2.41. The predicted molar refractivity (Wildman–Crippen MR) is 75.1 cm³/mol. The van der Waals surface area contributed by atoms with E-state index < -0.39 is 18.1 Å². The van der Waals surface area contributed by atoms with Gasteiger partial charge in [0.2, 0.25) is 5.91 Å². The molecule has 0 bridgehead atoms. The van der Waals surface area contributed by atoms with Crippen molar-refractivity contribution in [3.63, 3.8) is 0 Å². The van der Waals surface area contributed by atoms with Gasteiger partial charge in [-0.25, -0.2) is 4.79 Å². The minimum atomic E-state index is -1.08. The van der Waals surface area contributed by atoms with Crippen LogP contribution in [0, 0.1) is 6.92 Å². The smallest absolute Gasteiger partial charge is 0.326 e. The molecule has 1 saturated heterocycles. The van der Waals surface area contributed by atoms with Crippen molar-refractivity contribution in [2.75, 3.05) is 13.2 Å². The molecule has 1 aromatic carbocycles. The van der Waals surface area contributed by atoms with Gasteiger partial charge < -0.3 is 19.8 Å². The average molecular weight is 293 g/mol. The Hall–Kier alpha value is -2.08. The van der Waals surface area contributed by atoms with E-state index in [-0.39, 0.29) is 31.9 Å². The second-order valence-electron chi connectivity index (χ2n) is 5.20. The van der Waals surface area contributed by atoms with Crippen LogP contribution in [0.25, 0.3) is 0 Å². The second kappa shape index (κ2) is 6.58. The first-order valence-electron chi connectivity index (χ1n) is 6.87. The number of amides is 1. The van der Waals surface area contributed by atoms with E-state index in [9.17, 15) is 14.7 Å². The highest BCUT2D eigenvalue weighted by Gasteiger charge is 2.38. The SMILES string of the molecule is Cc1ccc(OCCC(=O)N2C[C@@H](O)C[C@H]2C(=O)O)cc1. The molecule has 1 aromatic rings. The van der Waals surface area contributed by atoms with Crippen LogP contribution in [0.4, 0.5) is 0 Å². The van der Waals surface area contributed by atoms with Gasteiger partial charge in [0.1, 0.15) is 11.8 Å². The zero-order valence-corrected chi connectivity index (χ0v) is 11.9. The Labute approximate surface area is 122 Å². The van der Waals surface area contributed by atoms with E-state index in [0.717, 1.165) is 5.56 Å². The van der Waals surface area contributed by atoms with E-state index in [1.54, 1.807) is 0 Å². The van der Waals surface area contributed by atoms with Crippen LogP contribution in [0.5, 0.6) is 5.75 Å². The van der Waals surface area contributed by atoms with Gasteiger partial charge in [0.25, 0.3) is 0 Å². The van der Waals surface area contributed by atoms with Gasteiger partial charge in [-0.3, -0.25) is 4.79 Å². The lowest BCUT2D eigenvalue weighted by molar-refractivity contribution is -0.148. The van der Waals surface area contributed by atoms with Crippen molar-refractivity contribution in [3.05, 3.63) is 29.8 Å². The number of hydrogen-bond acceptors (Lipinski definition) is 4. The molecule has 2 rings (SSSR count). The van der Waals surface area contributed by atoms with Crippen LogP contribution in [-0.4, -0.2) is 52.3 Å². The molecule has 1 amide bonds. The Bertz CT molecular complexity index is 513. The average Bonchev–Trinajstić information content (AvgIpc) is 2.83. The lowest BCUT2D eigenvalue weighted by atomic mass is 10.2. The van der Waals surface area contributed by atoms with Crippen molar-refractivity contribution < 1.29 is 24.5 Å². The van der Waals surface area contributed by atoms with Crippen LogP contribution < -0.4 is 4.74 Å². The first-order chi connectivity index (χ1) is 9.97. The number of carbonyl (C=O) groups excluding carboxylic acids is 1. The van der Waals surface area contributed by atoms with Gasteiger partial charge in [-0.15, -0.1) is 0 Å². The van der Waals surface area contributed by atoms with Gasteiger partial charge in [0.05, 0.1) is 19.1 Å². The Morgan fingerprint density at radius 3 is 2.62 bits per heavy atom. The lowest BCUT2D eigenvalue weighted by Gasteiger charge is -2.21. The zero-order valence-electron chi connectivity index (χ0n) is 11.9. The summed E-state index contributed by atoms with van der Waals surface area (Å²) in [7, 11) is 0. The minimum Gasteiger partial charge on any atom is -0.493 e. The topological polar surface area (TPSA) is 87.1 Å². The van der Waals surface area contributed by atoms with E-state index in [0.29, 0.717) is 5.75 Å². The summed E-state index contributed by atoms with van der Waals surface area (Å²) in [6.45, 7) is 2.22. The number of ether oxygens (including phenoxy) is 1. The van der Waals surface area contributed by atoms with Crippen LogP contribution in [0.3, 0.4) is 0 Å². The second-order valence-corrected chi connectivity index (χ2v) is 5.20. The molecule has 0 unspecified atom stereocenters. The quantitative estimate of drug-likeness (QED) is 0.839. The molecule has 2 atom stereocenters. The maximum absolute atomic E-state index is 12.0. The number of nitrogens with zero attached hydrogens (tertiary/aromatic N) is 1. The molecule has 0 radical (unpaired) electrons. The summed E-state index contributed by atoms with van der Waals surface area (Å²) >= 11 is 0. The number of carbonyl (C=O) groups is 2. The van der Waals surface area contributed by atoms with Gasteiger partial charge >= 0.3 is 5.97 Å². The van der Waals surface area contributed by atoms with Crippen molar-refractivity contribution in [1.29, 1.82) is 0 Å². The number of likely N-dealkylation sites (tertiary alicyclic amines) is 1. The summed E-state index contributed by atoms with van der Waals surface area (Å²) in [6.07, 6.45) is -0.599. The standard InChI is InChI=1S/C15H19NO5/c1-10-2-4-12(5-3-10)21-7-6-14(18)16-9-11(17)8-13(16)15(19)20/h2-5,11,13,17H,6-9H2,1H3,(H,19,20)/t11-,13-/m0/s1. The summed E-state index contributed by atoms with van der Waals surface area (Å²) in [6, 6.07) is 6.52. The molecule has 6 heteroatoms. The molecule has 0 saturated carbocycles. The number of aliphatic carboxylic acids is 1. The van der Waals surface area contributed by atoms with E-state index in [2.05, 4.69) is 0 Å². The molecule has 1 fully saturated rings. The van der Waals surface area contributed by atoms with Crippen LogP contribution in [0.2, 0.25) is 0 Å². The molecule has 2 N–H and O–H groups in total. The fourth-order valence-electron chi connectivity index (χ4n) is 2.36. The molecule has 0 aromatic heterocycles. The normalized spacial score (nSPS) is 21.3. The van der Waals surface area contributed by atoms with Crippen molar-refractivity contribution in [1.82, 2.24) is 4.90 Å². The van der Waals surface area contributed by atoms with E-state index in [1.807, 2.05) is 31.2 Å². The van der Waals surface area contributed by atoms with Crippen molar-refractivity contribution in [2.45, 2.75) is 31.9 Å². The third-order valence-electron chi connectivity index (χ3n) is 3.49. The number of carboxylic acids is 1. The Morgan fingerprint density at radius 2 is 2.00 bits per heavy atom. The molecule has 6 nitrogen and oxygen atoms in total. The summed E-state index contributed by atoms with van der Waals surface area (Å²) in [5.74, 6) is -0.727. The summed E-state index contributed by atoms with van der Waals surface area (Å²) < 4.78 is 5.46. The van der Waals surface area contributed by atoms with E-state index >= 15 is 0 Å². The van der Waals surface area contributed by atoms with Crippen molar-refractivity contribution >= 4 is 11.9 Å². The van der Waals surface area contributed by atoms with Crippen LogP contribution in [0.15, 0.2) is 24.3 Å². The number of carboxylic acid groups (broad SMARTS) is 1. The molecule has 0 aliphatic carbocycles. The molecule has 21 heavy (non-hydrogen) atoms. The van der Waals surface area contributed by atoms with E-state index in [1.165, 1.54) is 4.90 Å². The molecule has 1 aliphatic heterocycles. The summed E-state index contributed by atoms with van der Waals surface area (Å²) in [4.78, 5) is 24.3. The summed E-state index contributed by atoms with van der Waals surface area (Å²) in [5.41, 5.74) is 1.12. The van der Waals surface area contributed by atoms with Gasteiger partial charge in [0.15, 0.2) is 0 Å². The summed E-state index contributed by atoms with van der Waals surface area (Å²) in [5, 5.41) is 18.6. The number of hydrogen-bond donors (Lipinski definition) is 2. The molecular formula is C15H19NO5. The Balaban J connectivity index is 1.84. The number of rotatable bonds is 5. The van der Waals surface area contributed by atoms with Gasteiger partial charge in [-0.05, 0) is 19.1 Å². The Morgan fingerprint density at radius 1 is 1.33 bits per heavy atom. The van der Waals surface area contributed by atoms with Crippen molar-refractivity contribution in [3.8, 4) is 5.75 Å². The van der Waals surface area contributed by atoms with Crippen LogP contribution in [0.1, 0.15) is 18.4 Å². The predicted octanol–water partition coefficient (Wildman–Crippen LogP) is 0.810. The van der Waals surface area contributed by atoms with Crippen LogP contribution in [-0.2, 0) is 9.59 Å². The molecule has 1 heterocycles. The zero-order chi connectivity index (χ0) is 15.4. The van der Waals surface area contributed by atoms with Crippen LogP contribution >= 0.6 is 0 Å². The molecule has 0 spiro atoms. The Kier molecular flexibility index (Phi) is 4.80. The largest absolute Gasteiger partial charge is 0.493 e. The van der Waals surface area contributed by atoms with Crippen molar-refractivity contribution in [2.24, 2.45) is 0 Å². The maximum atomic E-state index is 12.0. The number of benzene rings is 1. The minimum absolute atomic E-state index is 0.0698. The third kappa shape index (κ3) is 3.95. The highest BCUT2D eigenvalue weighted by atomic mass is 16.5. The van der Waals surface area contributed by atoms with Gasteiger partial charge in [-0.2, -0.15) is 0 Å². The maximum Gasteiger partial charge on any atom is 0.326 e. The first kappa shape index (κ1) is 15.3. The van der Waals surface area contributed by atoms with E-state index in [4.69, 9.17) is 9.84 Å². The highest BCUT2D eigenvalue weighted by Crippen LogP contribution is 2.19. The fourth-order valence-corrected chi connectivity index (χ4v) is 2.36. The monoisotopic (exact) mass is 293 g/mol. The fraction of sp³-hybridized carbons (Fsp3) is 0.467. The number of aliphatic hydroxyl groups is 1. The number of aryl methyl sites for hydroxylation is 1. The first-order valence-corrected chi connectivity index (χ1v) is 6.87. The molecule has 114 valence electrons.